The van der Waals surface area contributed by atoms with E-state index in [2.05, 4.69) is 42.6 Å². The molecule has 0 amide bonds. The number of nitrogens with one attached hydrogen (secondary N) is 2. The molecule has 2 N–H and O–H groups in total. The summed E-state index contributed by atoms with van der Waals surface area (Å²) in [5.74, 6) is 0.924. The summed E-state index contributed by atoms with van der Waals surface area (Å²) in [7, 11) is 2.00. The molecular weight excluding hydrogens is 298 g/mol. The fourth-order valence-electron chi connectivity index (χ4n) is 3.27. The van der Waals surface area contributed by atoms with Crippen LogP contribution in [0.15, 0.2) is 16.6 Å². The van der Waals surface area contributed by atoms with Crippen molar-refractivity contribution in [1.82, 2.24) is 20.4 Å². The van der Waals surface area contributed by atoms with E-state index in [0.717, 1.165) is 44.1 Å². The van der Waals surface area contributed by atoms with E-state index in [1.807, 2.05) is 11.7 Å². The molecule has 1 aromatic heterocycles. The molecule has 0 radical (unpaired) electrons. The van der Waals surface area contributed by atoms with Crippen molar-refractivity contribution in [2.24, 2.45) is 12.0 Å². The Hall–Kier alpha value is -1.78. The van der Waals surface area contributed by atoms with E-state index in [1.165, 1.54) is 36.9 Å². The fraction of sp³-hybridized carbons (Fsp3) is 0.684. The molecule has 0 saturated carbocycles. The molecule has 1 aliphatic carbocycles. The zero-order valence-electron chi connectivity index (χ0n) is 15.8. The first-order valence-corrected chi connectivity index (χ1v) is 9.31. The molecule has 1 aromatic rings. The van der Waals surface area contributed by atoms with Gasteiger partial charge < -0.3 is 10.6 Å². The van der Waals surface area contributed by atoms with Gasteiger partial charge in [0.1, 0.15) is 0 Å². The highest BCUT2D eigenvalue weighted by atomic mass is 15.3. The van der Waals surface area contributed by atoms with Gasteiger partial charge in [0, 0.05) is 32.4 Å². The first-order valence-electron chi connectivity index (χ1n) is 9.31. The normalized spacial score (nSPS) is 15.3. The van der Waals surface area contributed by atoms with Gasteiger partial charge in [0.05, 0.1) is 5.69 Å². The van der Waals surface area contributed by atoms with E-state index in [0.29, 0.717) is 0 Å². The molecule has 2 rings (SSSR count). The molecule has 1 heterocycles. The average Bonchev–Trinajstić information content (AvgIpc) is 2.82. The summed E-state index contributed by atoms with van der Waals surface area (Å²) >= 11 is 0. The smallest absolute Gasteiger partial charge is 0.191 e. The molecule has 5 nitrogen and oxygen atoms in total. The third kappa shape index (κ3) is 5.39. The van der Waals surface area contributed by atoms with Crippen LogP contribution in [-0.4, -0.2) is 35.4 Å². The van der Waals surface area contributed by atoms with Gasteiger partial charge in [0.2, 0.25) is 0 Å². The summed E-state index contributed by atoms with van der Waals surface area (Å²) in [5.41, 5.74) is 5.29. The highest BCUT2D eigenvalue weighted by Gasteiger charge is 2.09. The predicted molar refractivity (Wildman–Crippen MR) is 102 cm³/mol. The number of hydrogen-bond donors (Lipinski definition) is 2. The molecule has 0 fully saturated rings. The van der Waals surface area contributed by atoms with Crippen molar-refractivity contribution < 1.29 is 0 Å². The summed E-state index contributed by atoms with van der Waals surface area (Å²) in [6.07, 6.45) is 9.72. The number of nitrogens with zero attached hydrogens (tertiary/aromatic N) is 3. The molecule has 24 heavy (non-hydrogen) atoms. The number of aromatic nitrogens is 2. The largest absolute Gasteiger partial charge is 0.357 e. The van der Waals surface area contributed by atoms with Crippen LogP contribution in [0.4, 0.5) is 0 Å². The maximum absolute atomic E-state index is 4.72. The molecule has 0 bridgehead atoms. The molecule has 0 saturated heterocycles. The second kappa shape index (κ2) is 9.50. The van der Waals surface area contributed by atoms with Crippen LogP contribution in [0.2, 0.25) is 0 Å². The first kappa shape index (κ1) is 18.6. The molecule has 0 aliphatic heterocycles. The minimum absolute atomic E-state index is 0.783. The van der Waals surface area contributed by atoms with E-state index >= 15 is 0 Å². The Bertz CT molecular complexity index is 583. The predicted octanol–water partition coefficient (Wildman–Crippen LogP) is 3.03. The van der Waals surface area contributed by atoms with Crippen molar-refractivity contribution in [2.75, 3.05) is 19.6 Å². The Morgan fingerprint density at radius 1 is 1.25 bits per heavy atom. The second-order valence-electron chi connectivity index (χ2n) is 6.57. The number of allylic oxidation sites excluding steroid dienone is 1. The highest BCUT2D eigenvalue weighted by molar-refractivity contribution is 5.79. The van der Waals surface area contributed by atoms with Crippen molar-refractivity contribution in [3.63, 3.8) is 0 Å². The molecule has 134 valence electrons. The summed E-state index contributed by atoms with van der Waals surface area (Å²) in [6, 6.07) is 0. The van der Waals surface area contributed by atoms with Crippen molar-refractivity contribution in [1.29, 1.82) is 0 Å². The summed E-state index contributed by atoms with van der Waals surface area (Å²) in [5, 5.41) is 11.3. The Labute approximate surface area is 146 Å². The average molecular weight is 332 g/mol. The van der Waals surface area contributed by atoms with Gasteiger partial charge in [-0.2, -0.15) is 5.10 Å². The number of rotatable bonds is 7. The Morgan fingerprint density at radius 3 is 2.71 bits per heavy atom. The lowest BCUT2D eigenvalue weighted by Gasteiger charge is -2.15. The van der Waals surface area contributed by atoms with Gasteiger partial charge in [-0.3, -0.25) is 9.67 Å². The van der Waals surface area contributed by atoms with Gasteiger partial charge in [-0.15, -0.1) is 0 Å². The maximum Gasteiger partial charge on any atom is 0.191 e. The molecule has 0 aromatic carbocycles. The van der Waals surface area contributed by atoms with Gasteiger partial charge in [-0.25, -0.2) is 0 Å². The number of aryl methyl sites for hydroxylation is 2. The van der Waals surface area contributed by atoms with E-state index in [4.69, 9.17) is 4.99 Å². The summed E-state index contributed by atoms with van der Waals surface area (Å²) in [4.78, 5) is 4.72. The van der Waals surface area contributed by atoms with Crippen molar-refractivity contribution >= 4 is 5.96 Å². The van der Waals surface area contributed by atoms with E-state index < -0.39 is 0 Å². The van der Waals surface area contributed by atoms with Crippen molar-refractivity contribution in [3.05, 3.63) is 28.6 Å². The lowest BCUT2D eigenvalue weighted by Crippen LogP contribution is -2.38. The molecule has 0 spiro atoms. The summed E-state index contributed by atoms with van der Waals surface area (Å²) < 4.78 is 1.95. The zero-order valence-corrected chi connectivity index (χ0v) is 15.8. The number of hydrogen-bond acceptors (Lipinski definition) is 2. The third-order valence-electron chi connectivity index (χ3n) is 4.76. The quantitative estimate of drug-likeness (QED) is 0.459. The maximum atomic E-state index is 4.72. The lowest BCUT2D eigenvalue weighted by molar-refractivity contribution is 0.665. The lowest BCUT2D eigenvalue weighted by atomic mass is 9.97. The fourth-order valence-corrected chi connectivity index (χ4v) is 3.27. The van der Waals surface area contributed by atoms with Gasteiger partial charge in [0.25, 0.3) is 0 Å². The minimum Gasteiger partial charge on any atom is -0.357 e. The number of guanidine groups is 1. The van der Waals surface area contributed by atoms with Crippen LogP contribution < -0.4 is 10.6 Å². The van der Waals surface area contributed by atoms with E-state index in [1.54, 1.807) is 5.57 Å². The van der Waals surface area contributed by atoms with Crippen LogP contribution in [0.5, 0.6) is 0 Å². The first-order chi connectivity index (χ1) is 11.6. The number of aliphatic imine (C=N–C) groups is 1. The molecule has 0 atom stereocenters. The monoisotopic (exact) mass is 331 g/mol. The molecule has 5 heteroatoms. The van der Waals surface area contributed by atoms with Crippen LogP contribution in [-0.2, 0) is 13.5 Å². The molecular formula is C19H33N5. The van der Waals surface area contributed by atoms with Crippen LogP contribution in [0.25, 0.3) is 0 Å². The standard InChI is InChI=1S/C19H33N5/c1-5-20-19(21-13-11-17-9-7-6-8-10-17)22-14-12-18-15(2)23-24(4)16(18)3/h9H,5-8,10-14H2,1-4H3,(H2,20,21,22). The SMILES string of the molecule is CCNC(=NCCc1c(C)nn(C)c1C)NCCC1=CCCCC1. The highest BCUT2D eigenvalue weighted by Crippen LogP contribution is 2.19. The molecule has 1 aliphatic rings. The third-order valence-corrected chi connectivity index (χ3v) is 4.76. The van der Waals surface area contributed by atoms with Gasteiger partial charge in [-0.1, -0.05) is 11.6 Å². The van der Waals surface area contributed by atoms with E-state index in [9.17, 15) is 0 Å². The topological polar surface area (TPSA) is 54.2 Å². The minimum atomic E-state index is 0.783. The zero-order chi connectivity index (χ0) is 17.4. The Morgan fingerprint density at radius 2 is 2.08 bits per heavy atom. The van der Waals surface area contributed by atoms with Crippen LogP contribution in [0.1, 0.15) is 56.0 Å². The second-order valence-corrected chi connectivity index (χ2v) is 6.57. The van der Waals surface area contributed by atoms with Crippen LogP contribution >= 0.6 is 0 Å². The molecule has 0 unspecified atom stereocenters. The Balaban J connectivity index is 1.82. The van der Waals surface area contributed by atoms with Crippen LogP contribution in [0, 0.1) is 13.8 Å². The summed E-state index contributed by atoms with van der Waals surface area (Å²) in [6.45, 7) is 8.94. The van der Waals surface area contributed by atoms with E-state index in [-0.39, 0.29) is 0 Å². The van der Waals surface area contributed by atoms with Crippen molar-refractivity contribution in [3.8, 4) is 0 Å². The van der Waals surface area contributed by atoms with Crippen molar-refractivity contribution in [2.45, 2.75) is 59.3 Å². The van der Waals surface area contributed by atoms with Gasteiger partial charge >= 0.3 is 0 Å². The van der Waals surface area contributed by atoms with Gasteiger partial charge in [0.15, 0.2) is 5.96 Å². The van der Waals surface area contributed by atoms with Gasteiger partial charge in [-0.05, 0) is 64.9 Å². The Kier molecular flexibility index (Phi) is 7.35. The van der Waals surface area contributed by atoms with Crippen LogP contribution in [0.3, 0.4) is 0 Å².